The van der Waals surface area contributed by atoms with Crippen LogP contribution in [0.1, 0.15) is 58.8 Å². The van der Waals surface area contributed by atoms with Crippen LogP contribution in [-0.2, 0) is 0 Å². The van der Waals surface area contributed by atoms with Gasteiger partial charge in [0.15, 0.2) is 0 Å². The molecule has 0 saturated carbocycles. The second-order valence-electron chi connectivity index (χ2n) is 5.58. The van der Waals surface area contributed by atoms with Gasteiger partial charge in [-0.15, -0.1) is 69.6 Å². The first kappa shape index (κ1) is 22.7. The van der Waals surface area contributed by atoms with Crippen molar-refractivity contribution in [3.05, 3.63) is 0 Å². The zero-order valence-electron chi connectivity index (χ0n) is 12.7. The van der Waals surface area contributed by atoms with Gasteiger partial charge in [-0.25, -0.2) is 0 Å². The van der Waals surface area contributed by atoms with Crippen LogP contribution in [-0.4, -0.2) is 32.3 Å². The second-order valence-corrected chi connectivity index (χ2v) is 9.28. The van der Waals surface area contributed by atoms with E-state index < -0.39 is 0 Å². The fourth-order valence-corrected chi connectivity index (χ4v) is 4.71. The highest BCUT2D eigenvalue weighted by atomic mass is 35.5. The van der Waals surface area contributed by atoms with Gasteiger partial charge in [-0.2, -0.15) is 0 Å². The predicted molar refractivity (Wildman–Crippen MR) is 102 cm³/mol. The molecule has 0 bridgehead atoms. The maximum absolute atomic E-state index is 6.33. The van der Waals surface area contributed by atoms with Gasteiger partial charge in [-0.1, -0.05) is 13.8 Å². The fraction of sp³-hybridized carbons (Fsp3) is 1.00. The van der Waals surface area contributed by atoms with Crippen LogP contribution in [0.2, 0.25) is 0 Å². The van der Waals surface area contributed by atoms with Crippen molar-refractivity contribution in [2.24, 2.45) is 0 Å². The predicted octanol–water partition coefficient (Wildman–Crippen LogP) is 7.40. The summed E-state index contributed by atoms with van der Waals surface area (Å²) in [5.41, 5.74) is 0. The van der Waals surface area contributed by atoms with Crippen LogP contribution in [0.15, 0.2) is 0 Å². The van der Waals surface area contributed by atoms with Crippen LogP contribution in [0.3, 0.4) is 0 Å². The molecule has 0 aliphatic carbocycles. The standard InChI is InChI=1S/C15H26Cl6/c1-3-10(16)5-12(18)7-14(20)9-15(21)8-13(19)6-11(17)4-2/h10-15H,3-9H2,1-2H3. The Morgan fingerprint density at radius 1 is 0.429 bits per heavy atom. The second kappa shape index (κ2) is 13.1. The third kappa shape index (κ3) is 12.8. The molecule has 0 spiro atoms. The molecule has 21 heavy (non-hydrogen) atoms. The lowest BCUT2D eigenvalue weighted by molar-refractivity contribution is 0.562. The lowest BCUT2D eigenvalue weighted by atomic mass is 10.0. The van der Waals surface area contributed by atoms with Crippen molar-refractivity contribution in [1.82, 2.24) is 0 Å². The topological polar surface area (TPSA) is 0 Å². The molecule has 0 aliphatic rings. The minimum Gasteiger partial charge on any atom is -0.123 e. The number of alkyl halides is 6. The van der Waals surface area contributed by atoms with Gasteiger partial charge in [0.2, 0.25) is 0 Å². The van der Waals surface area contributed by atoms with E-state index in [0.29, 0.717) is 6.42 Å². The van der Waals surface area contributed by atoms with Crippen molar-refractivity contribution < 1.29 is 0 Å². The Morgan fingerprint density at radius 2 is 0.619 bits per heavy atom. The zero-order valence-corrected chi connectivity index (χ0v) is 17.2. The highest BCUT2D eigenvalue weighted by Gasteiger charge is 2.21. The van der Waals surface area contributed by atoms with Gasteiger partial charge in [-0.05, 0) is 44.9 Å². The van der Waals surface area contributed by atoms with E-state index in [1.165, 1.54) is 0 Å². The Labute approximate surface area is 160 Å². The van der Waals surface area contributed by atoms with Gasteiger partial charge in [0.25, 0.3) is 0 Å². The van der Waals surface area contributed by atoms with E-state index in [-0.39, 0.29) is 32.3 Å². The molecular formula is C15H26Cl6. The number of halogens is 6. The van der Waals surface area contributed by atoms with Crippen molar-refractivity contribution in [3.8, 4) is 0 Å². The average molecular weight is 419 g/mol. The summed E-state index contributed by atoms with van der Waals surface area (Å²) in [7, 11) is 0. The van der Waals surface area contributed by atoms with E-state index in [2.05, 4.69) is 13.8 Å². The van der Waals surface area contributed by atoms with Crippen LogP contribution in [0.4, 0.5) is 0 Å². The van der Waals surface area contributed by atoms with Crippen molar-refractivity contribution >= 4 is 69.6 Å². The van der Waals surface area contributed by atoms with Gasteiger partial charge in [0, 0.05) is 32.3 Å². The molecule has 0 nitrogen and oxygen atoms in total. The maximum Gasteiger partial charge on any atom is 0.0364 e. The number of hydrogen-bond donors (Lipinski definition) is 0. The van der Waals surface area contributed by atoms with E-state index in [4.69, 9.17) is 69.6 Å². The Balaban J connectivity index is 3.95. The maximum atomic E-state index is 6.33. The van der Waals surface area contributed by atoms with Gasteiger partial charge in [0.05, 0.1) is 0 Å². The quantitative estimate of drug-likeness (QED) is 0.289. The van der Waals surface area contributed by atoms with Gasteiger partial charge < -0.3 is 0 Å². The molecule has 0 aromatic heterocycles. The lowest BCUT2D eigenvalue weighted by Crippen LogP contribution is -2.19. The fourth-order valence-electron chi connectivity index (χ4n) is 2.11. The molecule has 0 rings (SSSR count). The summed E-state index contributed by atoms with van der Waals surface area (Å²) in [6.07, 6.45) is 5.52. The molecule has 0 aromatic carbocycles. The van der Waals surface area contributed by atoms with Gasteiger partial charge in [0.1, 0.15) is 0 Å². The molecule has 0 aromatic rings. The van der Waals surface area contributed by atoms with Crippen molar-refractivity contribution in [3.63, 3.8) is 0 Å². The Kier molecular flexibility index (Phi) is 14.2. The van der Waals surface area contributed by atoms with Crippen LogP contribution in [0, 0.1) is 0 Å². The molecule has 6 heteroatoms. The van der Waals surface area contributed by atoms with Crippen LogP contribution in [0.25, 0.3) is 0 Å². The molecule has 0 N–H and O–H groups in total. The highest BCUT2D eigenvalue weighted by molar-refractivity contribution is 6.26. The molecule has 0 fully saturated rings. The summed E-state index contributed by atoms with van der Waals surface area (Å²) in [5.74, 6) is 0. The van der Waals surface area contributed by atoms with Gasteiger partial charge in [-0.3, -0.25) is 0 Å². The highest BCUT2D eigenvalue weighted by Crippen LogP contribution is 2.27. The Morgan fingerprint density at radius 3 is 0.810 bits per heavy atom. The molecule has 0 saturated heterocycles. The first-order valence-electron chi connectivity index (χ1n) is 7.62. The SMILES string of the molecule is CCC(Cl)CC(Cl)CC(Cl)CC(Cl)CC(Cl)CC(Cl)CC. The average Bonchev–Trinajstić information content (AvgIpc) is 2.37. The van der Waals surface area contributed by atoms with Gasteiger partial charge >= 0.3 is 0 Å². The molecule has 6 atom stereocenters. The van der Waals surface area contributed by atoms with Crippen LogP contribution < -0.4 is 0 Å². The van der Waals surface area contributed by atoms with Crippen molar-refractivity contribution in [2.75, 3.05) is 0 Å². The third-order valence-corrected chi connectivity index (χ3v) is 5.84. The Bertz CT molecular complexity index is 226. The van der Waals surface area contributed by atoms with E-state index in [1.54, 1.807) is 0 Å². The molecule has 0 amide bonds. The summed E-state index contributed by atoms with van der Waals surface area (Å²) >= 11 is 37.4. The molecule has 6 unspecified atom stereocenters. The normalized spacial score (nSPS) is 20.6. The first-order valence-corrected chi connectivity index (χ1v) is 10.2. The summed E-state index contributed by atoms with van der Waals surface area (Å²) < 4.78 is 0. The minimum atomic E-state index is -0.0439. The first-order chi connectivity index (χ1) is 9.78. The molecule has 0 aliphatic heterocycles. The van der Waals surface area contributed by atoms with Crippen LogP contribution in [0.5, 0.6) is 0 Å². The van der Waals surface area contributed by atoms with Crippen molar-refractivity contribution in [1.29, 1.82) is 0 Å². The van der Waals surface area contributed by atoms with E-state index in [9.17, 15) is 0 Å². The lowest BCUT2D eigenvalue weighted by Gasteiger charge is -2.20. The molecule has 128 valence electrons. The monoisotopic (exact) mass is 416 g/mol. The smallest absolute Gasteiger partial charge is 0.0364 e. The molecule has 0 heterocycles. The van der Waals surface area contributed by atoms with Crippen LogP contribution >= 0.6 is 69.6 Å². The largest absolute Gasteiger partial charge is 0.123 e. The third-order valence-electron chi connectivity index (χ3n) is 3.44. The molecule has 0 radical (unpaired) electrons. The van der Waals surface area contributed by atoms with Crippen molar-refractivity contribution in [2.45, 2.75) is 91.1 Å². The van der Waals surface area contributed by atoms with E-state index in [0.717, 1.165) is 38.5 Å². The molecular weight excluding hydrogens is 393 g/mol. The zero-order chi connectivity index (χ0) is 16.4. The summed E-state index contributed by atoms with van der Waals surface area (Å²) in [4.78, 5) is 0. The summed E-state index contributed by atoms with van der Waals surface area (Å²) in [6, 6.07) is 0. The van der Waals surface area contributed by atoms with E-state index in [1.807, 2.05) is 0 Å². The number of hydrogen-bond acceptors (Lipinski definition) is 0. The summed E-state index contributed by atoms with van der Waals surface area (Å²) in [5, 5.41) is 0.140. The minimum absolute atomic E-state index is 0.00192. The summed E-state index contributed by atoms with van der Waals surface area (Å²) in [6.45, 7) is 4.10. The Hall–Kier alpha value is 1.74. The van der Waals surface area contributed by atoms with E-state index >= 15 is 0 Å². The number of rotatable bonds is 12.